The predicted octanol–water partition coefficient (Wildman–Crippen LogP) is 0.690. The van der Waals surface area contributed by atoms with Crippen LogP contribution < -0.4 is 5.32 Å². The molecule has 1 aromatic rings. The second-order valence-corrected chi connectivity index (χ2v) is 6.16. The van der Waals surface area contributed by atoms with Gasteiger partial charge in [-0.05, 0) is 26.3 Å². The normalized spacial score (nSPS) is 15.3. The summed E-state index contributed by atoms with van der Waals surface area (Å²) in [5.41, 5.74) is 2.14. The van der Waals surface area contributed by atoms with E-state index in [1.807, 2.05) is 45.0 Å². The monoisotopic (exact) mass is 317 g/mol. The average molecular weight is 317 g/mol. The predicted molar refractivity (Wildman–Crippen MR) is 86.5 cm³/mol. The van der Waals surface area contributed by atoms with E-state index in [4.69, 9.17) is 0 Å². The number of piperazine rings is 1. The minimum absolute atomic E-state index is 0.0103. The largest absolute Gasteiger partial charge is 0.352 e. The van der Waals surface area contributed by atoms with E-state index >= 15 is 0 Å². The van der Waals surface area contributed by atoms with Crippen LogP contribution in [0.2, 0.25) is 0 Å². The fourth-order valence-electron chi connectivity index (χ4n) is 2.47. The van der Waals surface area contributed by atoms with Gasteiger partial charge in [-0.2, -0.15) is 0 Å². The second-order valence-electron chi connectivity index (χ2n) is 6.16. The number of carbonyl (C=O) groups excluding carboxylic acids is 3. The molecule has 23 heavy (non-hydrogen) atoms. The zero-order valence-electron chi connectivity index (χ0n) is 13.8. The maximum Gasteiger partial charge on any atom is 0.312 e. The molecule has 124 valence electrons. The van der Waals surface area contributed by atoms with Gasteiger partial charge in [0.1, 0.15) is 6.54 Å². The third-order valence-corrected chi connectivity index (χ3v) is 3.68. The van der Waals surface area contributed by atoms with E-state index in [0.717, 1.165) is 11.1 Å². The van der Waals surface area contributed by atoms with Crippen LogP contribution in [0.5, 0.6) is 0 Å². The van der Waals surface area contributed by atoms with E-state index < -0.39 is 11.8 Å². The molecule has 0 radical (unpaired) electrons. The number of aryl methyl sites for hydroxylation is 1. The van der Waals surface area contributed by atoms with Crippen LogP contribution in [0.1, 0.15) is 25.0 Å². The Balaban J connectivity index is 1.94. The fourth-order valence-corrected chi connectivity index (χ4v) is 2.47. The van der Waals surface area contributed by atoms with Crippen LogP contribution >= 0.6 is 0 Å². The molecule has 6 heteroatoms. The molecule has 1 aliphatic heterocycles. The first kappa shape index (κ1) is 17.0. The molecule has 1 saturated heterocycles. The maximum atomic E-state index is 12.2. The van der Waals surface area contributed by atoms with E-state index in [2.05, 4.69) is 5.32 Å². The van der Waals surface area contributed by atoms with Crippen molar-refractivity contribution in [3.63, 3.8) is 0 Å². The highest BCUT2D eigenvalue weighted by Crippen LogP contribution is 2.11. The van der Waals surface area contributed by atoms with Gasteiger partial charge in [-0.3, -0.25) is 14.4 Å². The molecule has 1 N–H and O–H groups in total. The quantitative estimate of drug-likeness (QED) is 0.812. The Bertz CT molecular complexity index is 596. The highest BCUT2D eigenvalue weighted by Gasteiger charge is 2.33. The molecule has 1 aromatic carbocycles. The Morgan fingerprint density at radius 1 is 1.09 bits per heavy atom. The standard InChI is InChI=1S/C17H23N3O3/c1-12(2)18-15(21)11-20-9-8-19(16(22)17(20)23)10-14-6-4-13(3)5-7-14/h4-7,12H,8-11H2,1-3H3,(H,18,21). The minimum atomic E-state index is -0.609. The molecule has 0 aliphatic carbocycles. The summed E-state index contributed by atoms with van der Waals surface area (Å²) in [6, 6.07) is 7.88. The minimum Gasteiger partial charge on any atom is -0.352 e. The van der Waals surface area contributed by atoms with Gasteiger partial charge in [-0.25, -0.2) is 0 Å². The van der Waals surface area contributed by atoms with Crippen molar-refractivity contribution in [1.29, 1.82) is 0 Å². The van der Waals surface area contributed by atoms with Gasteiger partial charge in [0.15, 0.2) is 0 Å². The molecule has 0 atom stereocenters. The number of rotatable bonds is 5. The number of amides is 3. The van der Waals surface area contributed by atoms with Crippen LogP contribution in [-0.2, 0) is 20.9 Å². The van der Waals surface area contributed by atoms with Crippen LogP contribution in [0, 0.1) is 6.92 Å². The first-order valence-corrected chi connectivity index (χ1v) is 7.80. The Labute approximate surface area is 136 Å². The van der Waals surface area contributed by atoms with Crippen molar-refractivity contribution in [2.45, 2.75) is 33.4 Å². The number of benzene rings is 1. The Morgan fingerprint density at radius 3 is 2.26 bits per heavy atom. The summed E-state index contributed by atoms with van der Waals surface area (Å²) in [5.74, 6) is -1.40. The topological polar surface area (TPSA) is 69.7 Å². The maximum absolute atomic E-state index is 12.2. The molecule has 3 amide bonds. The molecule has 1 aliphatic rings. The summed E-state index contributed by atoms with van der Waals surface area (Å²) in [6.45, 7) is 6.86. The number of nitrogens with one attached hydrogen (secondary N) is 1. The zero-order chi connectivity index (χ0) is 17.0. The summed E-state index contributed by atoms with van der Waals surface area (Å²) in [4.78, 5) is 39.0. The van der Waals surface area contributed by atoms with E-state index in [1.165, 1.54) is 9.80 Å². The zero-order valence-corrected chi connectivity index (χ0v) is 13.8. The molecule has 2 rings (SSSR count). The van der Waals surface area contributed by atoms with Gasteiger partial charge < -0.3 is 15.1 Å². The number of carbonyl (C=O) groups is 3. The fraction of sp³-hybridized carbons (Fsp3) is 0.471. The summed E-state index contributed by atoms with van der Waals surface area (Å²) in [6.07, 6.45) is 0. The van der Waals surface area contributed by atoms with E-state index in [1.54, 1.807) is 0 Å². The van der Waals surface area contributed by atoms with Crippen molar-refractivity contribution in [3.05, 3.63) is 35.4 Å². The van der Waals surface area contributed by atoms with Crippen molar-refractivity contribution in [1.82, 2.24) is 15.1 Å². The van der Waals surface area contributed by atoms with Crippen LogP contribution in [-0.4, -0.2) is 53.2 Å². The van der Waals surface area contributed by atoms with Gasteiger partial charge in [0, 0.05) is 25.7 Å². The van der Waals surface area contributed by atoms with Crippen LogP contribution in [0.15, 0.2) is 24.3 Å². The SMILES string of the molecule is Cc1ccc(CN2CCN(CC(=O)NC(C)C)C(=O)C2=O)cc1. The lowest BCUT2D eigenvalue weighted by Gasteiger charge is -2.33. The molecule has 1 fully saturated rings. The number of nitrogens with zero attached hydrogens (tertiary/aromatic N) is 2. The lowest BCUT2D eigenvalue weighted by Crippen LogP contribution is -2.56. The van der Waals surface area contributed by atoms with Crippen molar-refractivity contribution >= 4 is 17.7 Å². The van der Waals surface area contributed by atoms with E-state index in [-0.39, 0.29) is 18.5 Å². The summed E-state index contributed by atoms with van der Waals surface area (Å²) in [5, 5.41) is 2.72. The smallest absolute Gasteiger partial charge is 0.312 e. The molecular weight excluding hydrogens is 294 g/mol. The van der Waals surface area contributed by atoms with Crippen LogP contribution in [0.3, 0.4) is 0 Å². The van der Waals surface area contributed by atoms with Gasteiger partial charge in [0.2, 0.25) is 5.91 Å². The summed E-state index contributed by atoms with van der Waals surface area (Å²) in [7, 11) is 0. The van der Waals surface area contributed by atoms with Crippen LogP contribution in [0.25, 0.3) is 0 Å². The molecule has 6 nitrogen and oxygen atoms in total. The van der Waals surface area contributed by atoms with E-state index in [9.17, 15) is 14.4 Å². The molecule has 1 heterocycles. The third kappa shape index (κ3) is 4.55. The summed E-state index contributed by atoms with van der Waals surface area (Å²) >= 11 is 0. The first-order valence-electron chi connectivity index (χ1n) is 7.80. The van der Waals surface area contributed by atoms with Crippen molar-refractivity contribution < 1.29 is 14.4 Å². The van der Waals surface area contributed by atoms with Gasteiger partial charge in [0.25, 0.3) is 0 Å². The van der Waals surface area contributed by atoms with Crippen molar-refractivity contribution in [2.75, 3.05) is 19.6 Å². The first-order chi connectivity index (χ1) is 10.9. The lowest BCUT2D eigenvalue weighted by atomic mass is 10.1. The van der Waals surface area contributed by atoms with E-state index in [0.29, 0.717) is 19.6 Å². The second kappa shape index (κ2) is 7.26. The van der Waals surface area contributed by atoms with Crippen molar-refractivity contribution in [2.24, 2.45) is 0 Å². The van der Waals surface area contributed by atoms with Crippen molar-refractivity contribution in [3.8, 4) is 0 Å². The molecule has 0 spiro atoms. The summed E-state index contributed by atoms with van der Waals surface area (Å²) < 4.78 is 0. The van der Waals surface area contributed by atoms with Gasteiger partial charge in [-0.15, -0.1) is 0 Å². The Hall–Kier alpha value is -2.37. The van der Waals surface area contributed by atoms with Gasteiger partial charge >= 0.3 is 11.8 Å². The molecule has 0 unspecified atom stereocenters. The molecule has 0 saturated carbocycles. The third-order valence-electron chi connectivity index (χ3n) is 3.68. The Morgan fingerprint density at radius 2 is 1.65 bits per heavy atom. The highest BCUT2D eigenvalue weighted by atomic mass is 16.2. The highest BCUT2D eigenvalue weighted by molar-refractivity contribution is 6.35. The molecule has 0 bridgehead atoms. The lowest BCUT2D eigenvalue weighted by molar-refractivity contribution is -0.157. The number of hydrogen-bond acceptors (Lipinski definition) is 3. The van der Waals surface area contributed by atoms with Crippen LogP contribution in [0.4, 0.5) is 0 Å². The Kier molecular flexibility index (Phi) is 5.36. The van der Waals surface area contributed by atoms with Gasteiger partial charge in [0.05, 0.1) is 0 Å². The molecule has 0 aromatic heterocycles. The van der Waals surface area contributed by atoms with Gasteiger partial charge in [-0.1, -0.05) is 29.8 Å². The number of hydrogen-bond donors (Lipinski definition) is 1. The molecular formula is C17H23N3O3. The average Bonchev–Trinajstić information content (AvgIpc) is 2.48.